The molecule has 4 nitrogen and oxygen atoms in total. The van der Waals surface area contributed by atoms with Gasteiger partial charge in [0.15, 0.2) is 0 Å². The summed E-state index contributed by atoms with van der Waals surface area (Å²) in [5.74, 6) is -0.715. The minimum Gasteiger partial charge on any atom is -0.481 e. The number of carbonyl (C=O) groups is 1. The summed E-state index contributed by atoms with van der Waals surface area (Å²) in [6.45, 7) is 2.33. The molecular weight excluding hydrogens is 240 g/mol. The third kappa shape index (κ3) is 2.44. The lowest BCUT2D eigenvalue weighted by atomic mass is 9.91. The largest absolute Gasteiger partial charge is 0.481 e. The van der Waals surface area contributed by atoms with E-state index in [0.29, 0.717) is 6.42 Å². The lowest BCUT2D eigenvalue weighted by Gasteiger charge is -2.37. The van der Waals surface area contributed by atoms with Gasteiger partial charge in [0.25, 0.3) is 0 Å². The van der Waals surface area contributed by atoms with E-state index in [1.807, 2.05) is 6.20 Å². The van der Waals surface area contributed by atoms with E-state index in [0.717, 1.165) is 25.0 Å². The van der Waals surface area contributed by atoms with Crippen molar-refractivity contribution in [3.05, 3.63) is 23.0 Å². The quantitative estimate of drug-likeness (QED) is 0.901. The zero-order valence-electron chi connectivity index (χ0n) is 11.2. The monoisotopic (exact) mass is 260 g/mol. The zero-order chi connectivity index (χ0) is 13.2. The molecule has 0 spiro atoms. The van der Waals surface area contributed by atoms with Gasteiger partial charge in [-0.15, -0.1) is 0 Å². The Morgan fingerprint density at radius 2 is 2.11 bits per heavy atom. The predicted octanol–water partition coefficient (Wildman–Crippen LogP) is 2.19. The van der Waals surface area contributed by atoms with Crippen LogP contribution in [0.1, 0.15) is 42.5 Å². The number of nitrogens with zero attached hydrogens (tertiary/aromatic N) is 2. The van der Waals surface area contributed by atoms with E-state index in [2.05, 4.69) is 9.88 Å². The number of carboxylic acid groups (broad SMARTS) is 1. The van der Waals surface area contributed by atoms with Gasteiger partial charge in [-0.1, -0.05) is 0 Å². The molecular formula is C15H20N2O2. The summed E-state index contributed by atoms with van der Waals surface area (Å²) in [6, 6.07) is 0. The van der Waals surface area contributed by atoms with Gasteiger partial charge in [-0.25, -0.2) is 0 Å². The third-order valence-corrected chi connectivity index (χ3v) is 4.16. The number of carboxylic acids is 1. The van der Waals surface area contributed by atoms with Crippen LogP contribution in [0.15, 0.2) is 6.20 Å². The van der Waals surface area contributed by atoms with Crippen LogP contribution in [0.5, 0.6) is 0 Å². The molecule has 0 atom stereocenters. The molecule has 0 amide bonds. The maximum Gasteiger partial charge on any atom is 0.303 e. The highest BCUT2D eigenvalue weighted by atomic mass is 16.4. The van der Waals surface area contributed by atoms with E-state index < -0.39 is 5.97 Å². The minimum atomic E-state index is -0.715. The van der Waals surface area contributed by atoms with E-state index in [9.17, 15) is 4.79 Å². The number of aliphatic carboxylic acids is 1. The van der Waals surface area contributed by atoms with Crippen molar-refractivity contribution in [1.82, 2.24) is 4.98 Å². The summed E-state index contributed by atoms with van der Waals surface area (Å²) >= 11 is 0. The van der Waals surface area contributed by atoms with Crippen LogP contribution < -0.4 is 4.90 Å². The fourth-order valence-corrected chi connectivity index (χ4v) is 3.33. The van der Waals surface area contributed by atoms with Gasteiger partial charge in [-0.2, -0.15) is 0 Å². The van der Waals surface area contributed by atoms with Gasteiger partial charge in [0, 0.05) is 37.1 Å². The van der Waals surface area contributed by atoms with Crippen LogP contribution in [0.3, 0.4) is 0 Å². The SMILES string of the molecule is O=C(O)CCCc1ncc2c3c1CCCN3CCC2. The summed E-state index contributed by atoms with van der Waals surface area (Å²) in [4.78, 5) is 17.7. The molecule has 0 saturated carbocycles. The van der Waals surface area contributed by atoms with Crippen molar-refractivity contribution in [3.8, 4) is 0 Å². The van der Waals surface area contributed by atoms with Gasteiger partial charge >= 0.3 is 5.97 Å². The Morgan fingerprint density at radius 3 is 2.89 bits per heavy atom. The van der Waals surface area contributed by atoms with Crippen LogP contribution >= 0.6 is 0 Å². The fraction of sp³-hybridized carbons (Fsp3) is 0.600. The number of hydrogen-bond donors (Lipinski definition) is 1. The Bertz CT molecular complexity index is 497. The first kappa shape index (κ1) is 12.5. The van der Waals surface area contributed by atoms with Crippen molar-refractivity contribution in [2.45, 2.75) is 44.9 Å². The van der Waals surface area contributed by atoms with Crippen molar-refractivity contribution in [3.63, 3.8) is 0 Å². The smallest absolute Gasteiger partial charge is 0.303 e. The molecule has 4 heteroatoms. The Hall–Kier alpha value is -1.58. The highest BCUT2D eigenvalue weighted by Gasteiger charge is 2.25. The standard InChI is InChI=1S/C15H20N2O2/c18-14(19)7-1-6-13-12-5-3-9-17-8-2-4-11(10-16-13)15(12)17/h10H,1-9H2,(H,18,19). The molecule has 0 aliphatic carbocycles. The van der Waals surface area contributed by atoms with E-state index in [4.69, 9.17) is 5.11 Å². The molecule has 1 N–H and O–H groups in total. The Kier molecular flexibility index (Phi) is 3.40. The van der Waals surface area contributed by atoms with E-state index in [-0.39, 0.29) is 6.42 Å². The Morgan fingerprint density at radius 1 is 1.32 bits per heavy atom. The number of aromatic nitrogens is 1. The second kappa shape index (κ2) is 5.19. The number of rotatable bonds is 4. The van der Waals surface area contributed by atoms with Crippen molar-refractivity contribution < 1.29 is 9.90 Å². The van der Waals surface area contributed by atoms with Gasteiger partial charge in [0.2, 0.25) is 0 Å². The van der Waals surface area contributed by atoms with Crippen LogP contribution in [0, 0.1) is 0 Å². The Labute approximate surface area is 113 Å². The summed E-state index contributed by atoms with van der Waals surface area (Å²) in [5.41, 5.74) is 5.35. The number of aryl methyl sites for hydroxylation is 2. The minimum absolute atomic E-state index is 0.238. The summed E-state index contributed by atoms with van der Waals surface area (Å²) < 4.78 is 0. The number of anilines is 1. The van der Waals surface area contributed by atoms with Gasteiger partial charge in [-0.05, 0) is 49.7 Å². The summed E-state index contributed by atoms with van der Waals surface area (Å²) in [5, 5.41) is 8.73. The average molecular weight is 260 g/mol. The molecule has 0 radical (unpaired) electrons. The van der Waals surface area contributed by atoms with Crippen LogP contribution in [-0.4, -0.2) is 29.1 Å². The summed E-state index contributed by atoms with van der Waals surface area (Å²) in [6.07, 6.45) is 8.41. The maximum atomic E-state index is 10.6. The van der Waals surface area contributed by atoms with Crippen molar-refractivity contribution in [2.75, 3.05) is 18.0 Å². The topological polar surface area (TPSA) is 53.4 Å². The molecule has 2 aliphatic heterocycles. The lowest BCUT2D eigenvalue weighted by molar-refractivity contribution is -0.137. The third-order valence-electron chi connectivity index (χ3n) is 4.16. The maximum absolute atomic E-state index is 10.6. The van der Waals surface area contributed by atoms with Crippen LogP contribution in [-0.2, 0) is 24.1 Å². The second-order valence-electron chi connectivity index (χ2n) is 5.50. The molecule has 0 saturated heterocycles. The number of pyridine rings is 1. The first-order valence-corrected chi connectivity index (χ1v) is 7.22. The van der Waals surface area contributed by atoms with Gasteiger partial charge < -0.3 is 10.0 Å². The highest BCUT2D eigenvalue weighted by Crippen LogP contribution is 2.36. The molecule has 1 aromatic heterocycles. The predicted molar refractivity (Wildman–Crippen MR) is 73.7 cm³/mol. The zero-order valence-corrected chi connectivity index (χ0v) is 11.2. The van der Waals surface area contributed by atoms with Crippen LogP contribution in [0.4, 0.5) is 5.69 Å². The molecule has 0 unspecified atom stereocenters. The molecule has 2 aliphatic rings. The molecule has 19 heavy (non-hydrogen) atoms. The van der Waals surface area contributed by atoms with E-state index in [1.165, 1.54) is 42.7 Å². The molecule has 3 rings (SSSR count). The first-order chi connectivity index (χ1) is 9.25. The van der Waals surface area contributed by atoms with E-state index >= 15 is 0 Å². The Balaban J connectivity index is 1.86. The average Bonchev–Trinajstić information content (AvgIpc) is 2.41. The van der Waals surface area contributed by atoms with Crippen molar-refractivity contribution in [2.24, 2.45) is 0 Å². The first-order valence-electron chi connectivity index (χ1n) is 7.22. The lowest BCUT2D eigenvalue weighted by Crippen LogP contribution is -2.35. The fourth-order valence-electron chi connectivity index (χ4n) is 3.33. The normalized spacial score (nSPS) is 17.2. The molecule has 0 aromatic carbocycles. The van der Waals surface area contributed by atoms with Crippen LogP contribution in [0.2, 0.25) is 0 Å². The van der Waals surface area contributed by atoms with Gasteiger partial charge in [-0.3, -0.25) is 9.78 Å². The highest BCUT2D eigenvalue weighted by molar-refractivity contribution is 5.67. The number of hydrogen-bond acceptors (Lipinski definition) is 3. The van der Waals surface area contributed by atoms with Crippen molar-refractivity contribution in [1.29, 1.82) is 0 Å². The molecule has 1 aromatic rings. The molecule has 102 valence electrons. The van der Waals surface area contributed by atoms with Crippen LogP contribution in [0.25, 0.3) is 0 Å². The molecule has 0 bridgehead atoms. The van der Waals surface area contributed by atoms with E-state index in [1.54, 1.807) is 0 Å². The van der Waals surface area contributed by atoms with Crippen molar-refractivity contribution >= 4 is 11.7 Å². The van der Waals surface area contributed by atoms with Gasteiger partial charge in [0.1, 0.15) is 0 Å². The molecule has 3 heterocycles. The van der Waals surface area contributed by atoms with Gasteiger partial charge in [0.05, 0.1) is 0 Å². The molecule has 0 fully saturated rings. The second-order valence-corrected chi connectivity index (χ2v) is 5.50. The summed E-state index contributed by atoms with van der Waals surface area (Å²) in [7, 11) is 0.